The number of anilines is 1. The van der Waals surface area contributed by atoms with Crippen molar-refractivity contribution in [3.63, 3.8) is 0 Å². The number of rotatable bonds is 3. The van der Waals surface area contributed by atoms with Crippen LogP contribution in [0.2, 0.25) is 5.15 Å². The molecule has 6 nitrogen and oxygen atoms in total. The number of nitrogens with one attached hydrogen (secondary N) is 1. The van der Waals surface area contributed by atoms with Crippen molar-refractivity contribution in [1.82, 2.24) is 19.7 Å². The van der Waals surface area contributed by atoms with Crippen LogP contribution < -0.4 is 5.32 Å². The van der Waals surface area contributed by atoms with E-state index in [9.17, 15) is 4.79 Å². The van der Waals surface area contributed by atoms with Crippen molar-refractivity contribution in [3.05, 3.63) is 66.0 Å². The van der Waals surface area contributed by atoms with Gasteiger partial charge >= 0.3 is 0 Å². The van der Waals surface area contributed by atoms with E-state index in [1.165, 1.54) is 12.4 Å². The maximum Gasteiger partial charge on any atom is 0.275 e. The molecule has 104 valence electrons. The molecule has 2 aromatic heterocycles. The summed E-state index contributed by atoms with van der Waals surface area (Å²) in [5, 5.41) is 7.14. The van der Waals surface area contributed by atoms with E-state index in [1.54, 1.807) is 16.9 Å². The maximum atomic E-state index is 12.0. The molecule has 1 aromatic carbocycles. The highest BCUT2D eigenvalue weighted by molar-refractivity contribution is 6.29. The minimum atomic E-state index is -0.350. The summed E-state index contributed by atoms with van der Waals surface area (Å²) in [5.41, 5.74) is 1.69. The van der Waals surface area contributed by atoms with E-state index in [1.807, 2.05) is 30.5 Å². The number of aromatic nitrogens is 4. The van der Waals surface area contributed by atoms with Crippen molar-refractivity contribution in [2.45, 2.75) is 0 Å². The third kappa shape index (κ3) is 3.06. The van der Waals surface area contributed by atoms with Crippen molar-refractivity contribution < 1.29 is 4.79 Å². The summed E-state index contributed by atoms with van der Waals surface area (Å²) in [7, 11) is 0. The van der Waals surface area contributed by atoms with Crippen molar-refractivity contribution in [1.29, 1.82) is 0 Å². The predicted molar refractivity (Wildman–Crippen MR) is 78.6 cm³/mol. The van der Waals surface area contributed by atoms with Gasteiger partial charge in [-0.1, -0.05) is 17.7 Å². The lowest BCUT2D eigenvalue weighted by Crippen LogP contribution is -2.14. The highest BCUT2D eigenvalue weighted by Gasteiger charge is 2.08. The van der Waals surface area contributed by atoms with E-state index >= 15 is 0 Å². The number of hydrogen-bond acceptors (Lipinski definition) is 4. The second kappa shape index (κ2) is 5.72. The molecule has 2 heterocycles. The zero-order valence-corrected chi connectivity index (χ0v) is 11.5. The Balaban J connectivity index is 1.80. The average Bonchev–Trinajstić information content (AvgIpc) is 3.02. The van der Waals surface area contributed by atoms with Crippen molar-refractivity contribution in [3.8, 4) is 5.69 Å². The average molecular weight is 300 g/mol. The minimum absolute atomic E-state index is 0.198. The lowest BCUT2D eigenvalue weighted by Gasteiger charge is -2.07. The van der Waals surface area contributed by atoms with Gasteiger partial charge in [0.05, 0.1) is 18.1 Å². The van der Waals surface area contributed by atoms with Gasteiger partial charge in [0, 0.05) is 18.1 Å². The quantitative estimate of drug-likeness (QED) is 0.806. The molecule has 0 aliphatic rings. The lowest BCUT2D eigenvalue weighted by molar-refractivity contribution is 0.102. The number of amides is 1. The zero-order valence-electron chi connectivity index (χ0n) is 10.8. The minimum Gasteiger partial charge on any atom is -0.321 e. The summed E-state index contributed by atoms with van der Waals surface area (Å²) >= 11 is 5.64. The molecule has 0 unspecified atom stereocenters. The normalized spacial score (nSPS) is 10.3. The number of carbonyl (C=O) groups excluding carboxylic acids is 1. The second-order valence-electron chi connectivity index (χ2n) is 4.18. The van der Waals surface area contributed by atoms with Crippen LogP contribution in [0, 0.1) is 0 Å². The molecule has 1 N–H and O–H groups in total. The van der Waals surface area contributed by atoms with Crippen LogP contribution >= 0.6 is 11.6 Å². The first kappa shape index (κ1) is 13.3. The fraction of sp³-hybridized carbons (Fsp3) is 0. The predicted octanol–water partition coefficient (Wildman–Crippen LogP) is 2.57. The second-order valence-corrected chi connectivity index (χ2v) is 4.57. The van der Waals surface area contributed by atoms with Crippen LogP contribution in [0.1, 0.15) is 10.5 Å². The molecule has 1 amide bonds. The van der Waals surface area contributed by atoms with Crippen molar-refractivity contribution in [2.24, 2.45) is 0 Å². The number of halogens is 1. The Hall–Kier alpha value is -2.73. The zero-order chi connectivity index (χ0) is 14.7. The largest absolute Gasteiger partial charge is 0.321 e. The van der Waals surface area contributed by atoms with Crippen LogP contribution in [0.25, 0.3) is 5.69 Å². The first-order chi connectivity index (χ1) is 10.2. The topological polar surface area (TPSA) is 72.7 Å². The lowest BCUT2D eigenvalue weighted by atomic mass is 10.2. The Morgan fingerprint density at radius 3 is 2.81 bits per heavy atom. The van der Waals surface area contributed by atoms with E-state index in [0.717, 1.165) is 5.69 Å². The van der Waals surface area contributed by atoms with Crippen LogP contribution in [0.3, 0.4) is 0 Å². The van der Waals surface area contributed by atoms with Crippen LogP contribution in [-0.2, 0) is 0 Å². The number of hydrogen-bond donors (Lipinski definition) is 1. The summed E-state index contributed by atoms with van der Waals surface area (Å²) in [5.74, 6) is -0.350. The van der Waals surface area contributed by atoms with Crippen molar-refractivity contribution >= 4 is 23.2 Å². The molecule has 0 spiro atoms. The number of carbonyl (C=O) groups is 1. The molecule has 3 aromatic rings. The standard InChI is InChI=1S/C14H10ClN5O/c15-13-9-16-12(8-17-13)14(21)19-10-3-1-4-11(7-10)20-6-2-5-18-20/h1-9H,(H,19,21). The molecule has 3 rings (SSSR count). The summed E-state index contributed by atoms with van der Waals surface area (Å²) in [6.07, 6.45) is 6.17. The van der Waals surface area contributed by atoms with Gasteiger partial charge in [-0.15, -0.1) is 0 Å². The van der Waals surface area contributed by atoms with Crippen molar-refractivity contribution in [2.75, 3.05) is 5.32 Å². The molecule has 7 heteroatoms. The number of nitrogens with zero attached hydrogens (tertiary/aromatic N) is 4. The van der Waals surface area contributed by atoms with Gasteiger partial charge in [0.2, 0.25) is 0 Å². The Kier molecular flexibility index (Phi) is 3.61. The molecule has 21 heavy (non-hydrogen) atoms. The van der Waals surface area contributed by atoms with Crippen LogP contribution in [0.4, 0.5) is 5.69 Å². The smallest absolute Gasteiger partial charge is 0.275 e. The first-order valence-corrected chi connectivity index (χ1v) is 6.49. The summed E-state index contributed by atoms with van der Waals surface area (Å²) in [6.45, 7) is 0. The van der Waals surface area contributed by atoms with Crippen LogP contribution in [0.5, 0.6) is 0 Å². The molecule has 0 radical (unpaired) electrons. The first-order valence-electron chi connectivity index (χ1n) is 6.11. The summed E-state index contributed by atoms with van der Waals surface area (Å²) in [6, 6.07) is 9.15. The SMILES string of the molecule is O=C(Nc1cccc(-n2cccn2)c1)c1cnc(Cl)cn1. The monoisotopic (exact) mass is 299 g/mol. The fourth-order valence-corrected chi connectivity index (χ4v) is 1.87. The third-order valence-corrected chi connectivity index (χ3v) is 2.92. The highest BCUT2D eigenvalue weighted by atomic mass is 35.5. The molecule has 0 bridgehead atoms. The molecule has 0 fully saturated rings. The van der Waals surface area contributed by atoms with Gasteiger partial charge in [-0.05, 0) is 24.3 Å². The number of benzene rings is 1. The maximum absolute atomic E-state index is 12.0. The third-order valence-electron chi connectivity index (χ3n) is 2.73. The van der Waals surface area contributed by atoms with Gasteiger partial charge in [-0.3, -0.25) is 4.79 Å². The van der Waals surface area contributed by atoms with E-state index in [4.69, 9.17) is 11.6 Å². The molecule has 0 saturated heterocycles. The Morgan fingerprint density at radius 2 is 2.10 bits per heavy atom. The Morgan fingerprint density at radius 1 is 1.19 bits per heavy atom. The van der Waals surface area contributed by atoms with Gasteiger partial charge in [0.25, 0.3) is 5.91 Å². The van der Waals surface area contributed by atoms with Gasteiger partial charge in [0.15, 0.2) is 0 Å². The van der Waals surface area contributed by atoms with E-state index in [2.05, 4.69) is 20.4 Å². The molecule has 0 atom stereocenters. The Bertz CT molecular complexity index is 755. The van der Waals surface area contributed by atoms with E-state index in [0.29, 0.717) is 5.69 Å². The molecule has 0 aliphatic heterocycles. The van der Waals surface area contributed by atoms with E-state index in [-0.39, 0.29) is 16.8 Å². The molecular weight excluding hydrogens is 290 g/mol. The van der Waals surface area contributed by atoms with Gasteiger partial charge < -0.3 is 5.32 Å². The van der Waals surface area contributed by atoms with Gasteiger partial charge in [-0.2, -0.15) is 5.10 Å². The van der Waals surface area contributed by atoms with E-state index < -0.39 is 0 Å². The molecule has 0 aliphatic carbocycles. The summed E-state index contributed by atoms with van der Waals surface area (Å²) in [4.78, 5) is 19.8. The van der Waals surface area contributed by atoms with Crippen LogP contribution in [-0.4, -0.2) is 25.7 Å². The van der Waals surface area contributed by atoms with Crippen LogP contribution in [0.15, 0.2) is 55.1 Å². The summed E-state index contributed by atoms with van der Waals surface area (Å²) < 4.78 is 1.71. The van der Waals surface area contributed by atoms with Gasteiger partial charge in [-0.25, -0.2) is 14.6 Å². The molecular formula is C14H10ClN5O. The highest BCUT2D eigenvalue weighted by Crippen LogP contribution is 2.14. The Labute approximate surface area is 125 Å². The molecule has 0 saturated carbocycles. The van der Waals surface area contributed by atoms with Gasteiger partial charge in [0.1, 0.15) is 10.8 Å². The fourth-order valence-electron chi connectivity index (χ4n) is 1.77.